The third-order valence-corrected chi connectivity index (χ3v) is 5.86. The Hall–Kier alpha value is -1.53. The van der Waals surface area contributed by atoms with Crippen LogP contribution in [0.3, 0.4) is 0 Å². The van der Waals surface area contributed by atoms with E-state index in [4.69, 9.17) is 0 Å². The minimum atomic E-state index is -0.0345. The van der Waals surface area contributed by atoms with Gasteiger partial charge in [-0.15, -0.1) is 0 Å². The standard InChI is InChI=1S/C18H27N5O/c24-18(17-19-7-4-8-20-17)23-13-16(14-23)22-11-9-21(10-12-22)15-5-2-1-3-6-15/h4,7-8,15-16H,1-3,5-6,9-14H2. The molecule has 4 rings (SSSR count). The van der Waals surface area contributed by atoms with Crippen LogP contribution < -0.4 is 0 Å². The Morgan fingerprint density at radius 3 is 2.08 bits per heavy atom. The molecule has 2 aliphatic heterocycles. The summed E-state index contributed by atoms with van der Waals surface area (Å²) >= 11 is 0. The highest BCUT2D eigenvalue weighted by Crippen LogP contribution is 2.25. The van der Waals surface area contributed by atoms with Gasteiger partial charge >= 0.3 is 0 Å². The van der Waals surface area contributed by atoms with Gasteiger partial charge in [-0.3, -0.25) is 14.6 Å². The van der Waals surface area contributed by atoms with E-state index in [2.05, 4.69) is 19.8 Å². The van der Waals surface area contributed by atoms with Crippen LogP contribution in [0.15, 0.2) is 18.5 Å². The molecule has 1 aromatic rings. The third kappa shape index (κ3) is 3.30. The molecule has 2 saturated heterocycles. The summed E-state index contributed by atoms with van der Waals surface area (Å²) in [4.78, 5) is 27.5. The zero-order chi connectivity index (χ0) is 16.4. The van der Waals surface area contributed by atoms with E-state index < -0.39 is 0 Å². The van der Waals surface area contributed by atoms with Crippen LogP contribution in [0.1, 0.15) is 42.7 Å². The average molecular weight is 329 g/mol. The molecule has 3 heterocycles. The smallest absolute Gasteiger partial charge is 0.291 e. The molecule has 130 valence electrons. The zero-order valence-corrected chi connectivity index (χ0v) is 14.3. The summed E-state index contributed by atoms with van der Waals surface area (Å²) in [7, 11) is 0. The lowest BCUT2D eigenvalue weighted by atomic mass is 9.93. The second-order valence-corrected chi connectivity index (χ2v) is 7.30. The maximum absolute atomic E-state index is 12.3. The number of amides is 1. The SMILES string of the molecule is O=C(c1ncccn1)N1CC(N2CCN(C3CCCCC3)CC2)C1. The van der Waals surface area contributed by atoms with Crippen molar-refractivity contribution in [3.05, 3.63) is 24.3 Å². The lowest BCUT2D eigenvalue weighted by molar-refractivity contribution is -0.00314. The molecule has 0 spiro atoms. The Kier molecular flexibility index (Phi) is 4.76. The molecule has 0 radical (unpaired) electrons. The number of carbonyl (C=O) groups is 1. The molecular weight excluding hydrogens is 302 g/mol. The number of hydrogen-bond donors (Lipinski definition) is 0. The van der Waals surface area contributed by atoms with Crippen molar-refractivity contribution < 1.29 is 4.79 Å². The van der Waals surface area contributed by atoms with Gasteiger partial charge in [0.1, 0.15) is 0 Å². The van der Waals surface area contributed by atoms with Crippen molar-refractivity contribution in [1.29, 1.82) is 0 Å². The summed E-state index contributed by atoms with van der Waals surface area (Å²) in [5, 5.41) is 0. The fourth-order valence-electron chi connectivity index (χ4n) is 4.32. The summed E-state index contributed by atoms with van der Waals surface area (Å²) in [6, 6.07) is 3.09. The first kappa shape index (κ1) is 16.0. The van der Waals surface area contributed by atoms with Gasteiger partial charge in [0.15, 0.2) is 0 Å². The van der Waals surface area contributed by atoms with Crippen molar-refractivity contribution >= 4 is 5.91 Å². The maximum Gasteiger partial charge on any atom is 0.291 e. The predicted octanol–water partition coefficient (Wildman–Crippen LogP) is 1.25. The number of hydrogen-bond acceptors (Lipinski definition) is 5. The highest BCUT2D eigenvalue weighted by Gasteiger charge is 2.37. The number of rotatable bonds is 3. The van der Waals surface area contributed by atoms with Crippen LogP contribution in [0, 0.1) is 0 Å². The van der Waals surface area contributed by atoms with Crippen LogP contribution in [0.4, 0.5) is 0 Å². The van der Waals surface area contributed by atoms with Crippen molar-refractivity contribution in [2.75, 3.05) is 39.3 Å². The van der Waals surface area contributed by atoms with Gasteiger partial charge in [0, 0.05) is 63.7 Å². The monoisotopic (exact) mass is 329 g/mol. The van der Waals surface area contributed by atoms with Gasteiger partial charge in [0.2, 0.25) is 5.82 Å². The second-order valence-electron chi connectivity index (χ2n) is 7.30. The van der Waals surface area contributed by atoms with E-state index in [0.29, 0.717) is 11.9 Å². The van der Waals surface area contributed by atoms with E-state index in [1.807, 2.05) is 4.90 Å². The van der Waals surface area contributed by atoms with Gasteiger partial charge in [-0.2, -0.15) is 0 Å². The lowest BCUT2D eigenvalue weighted by Gasteiger charge is -2.49. The first-order chi connectivity index (χ1) is 11.8. The predicted molar refractivity (Wildman–Crippen MR) is 91.7 cm³/mol. The average Bonchev–Trinajstić information content (AvgIpc) is 2.62. The van der Waals surface area contributed by atoms with Crippen molar-refractivity contribution in [3.8, 4) is 0 Å². The van der Waals surface area contributed by atoms with Crippen molar-refractivity contribution in [2.24, 2.45) is 0 Å². The minimum Gasteiger partial charge on any atom is -0.333 e. The van der Waals surface area contributed by atoms with Crippen LogP contribution >= 0.6 is 0 Å². The van der Waals surface area contributed by atoms with Gasteiger partial charge in [-0.05, 0) is 18.9 Å². The molecule has 1 aromatic heterocycles. The number of piperazine rings is 1. The molecule has 1 amide bonds. The van der Waals surface area contributed by atoms with Crippen LogP contribution in [0.25, 0.3) is 0 Å². The molecule has 3 aliphatic rings. The second kappa shape index (κ2) is 7.15. The number of likely N-dealkylation sites (tertiary alicyclic amines) is 1. The first-order valence-electron chi connectivity index (χ1n) is 9.35. The third-order valence-electron chi connectivity index (χ3n) is 5.86. The molecule has 3 fully saturated rings. The molecule has 0 bridgehead atoms. The van der Waals surface area contributed by atoms with Gasteiger partial charge in [0.25, 0.3) is 5.91 Å². The van der Waals surface area contributed by atoms with Crippen molar-refractivity contribution in [2.45, 2.75) is 44.2 Å². The number of aromatic nitrogens is 2. The molecule has 6 heteroatoms. The Balaban J connectivity index is 1.23. The van der Waals surface area contributed by atoms with E-state index in [-0.39, 0.29) is 5.91 Å². The van der Waals surface area contributed by atoms with Crippen LogP contribution in [-0.4, -0.2) is 81.9 Å². The fourth-order valence-corrected chi connectivity index (χ4v) is 4.32. The zero-order valence-electron chi connectivity index (χ0n) is 14.3. The Bertz CT molecular complexity index is 546. The van der Waals surface area contributed by atoms with Crippen LogP contribution in [-0.2, 0) is 0 Å². The minimum absolute atomic E-state index is 0.0345. The summed E-state index contributed by atoms with van der Waals surface area (Å²) in [5.41, 5.74) is 0. The van der Waals surface area contributed by atoms with Crippen molar-refractivity contribution in [3.63, 3.8) is 0 Å². The summed E-state index contributed by atoms with van der Waals surface area (Å²) in [5.74, 6) is 0.283. The molecule has 0 unspecified atom stereocenters. The first-order valence-corrected chi connectivity index (χ1v) is 9.35. The highest BCUT2D eigenvalue weighted by atomic mass is 16.2. The number of nitrogens with zero attached hydrogens (tertiary/aromatic N) is 5. The van der Waals surface area contributed by atoms with E-state index in [9.17, 15) is 4.79 Å². The van der Waals surface area contributed by atoms with E-state index in [1.54, 1.807) is 18.5 Å². The fraction of sp³-hybridized carbons (Fsp3) is 0.722. The Morgan fingerprint density at radius 2 is 1.46 bits per heavy atom. The normalized spacial score (nSPS) is 24.8. The molecular formula is C18H27N5O. The number of carbonyl (C=O) groups excluding carboxylic acids is 1. The lowest BCUT2D eigenvalue weighted by Crippen LogP contribution is -2.64. The molecule has 0 atom stereocenters. The highest BCUT2D eigenvalue weighted by molar-refractivity contribution is 5.91. The van der Waals surface area contributed by atoms with Gasteiger partial charge in [0.05, 0.1) is 0 Å². The van der Waals surface area contributed by atoms with E-state index >= 15 is 0 Å². The van der Waals surface area contributed by atoms with Gasteiger partial charge in [-0.1, -0.05) is 19.3 Å². The molecule has 1 aliphatic carbocycles. The van der Waals surface area contributed by atoms with Gasteiger partial charge in [-0.25, -0.2) is 9.97 Å². The maximum atomic E-state index is 12.3. The largest absolute Gasteiger partial charge is 0.333 e. The van der Waals surface area contributed by atoms with E-state index in [1.165, 1.54) is 45.2 Å². The summed E-state index contributed by atoms with van der Waals surface area (Å²) in [6.45, 7) is 6.31. The quantitative estimate of drug-likeness (QED) is 0.835. The molecule has 1 saturated carbocycles. The van der Waals surface area contributed by atoms with Crippen LogP contribution in [0.5, 0.6) is 0 Å². The topological polar surface area (TPSA) is 52.6 Å². The summed E-state index contributed by atoms with van der Waals surface area (Å²) in [6.07, 6.45) is 10.3. The molecule has 24 heavy (non-hydrogen) atoms. The Labute approximate surface area is 143 Å². The van der Waals surface area contributed by atoms with Crippen LogP contribution in [0.2, 0.25) is 0 Å². The summed E-state index contributed by atoms with van der Waals surface area (Å²) < 4.78 is 0. The van der Waals surface area contributed by atoms with Gasteiger partial charge < -0.3 is 4.90 Å². The molecule has 0 aromatic carbocycles. The molecule has 0 N–H and O–H groups in total. The molecule has 6 nitrogen and oxygen atoms in total. The Morgan fingerprint density at radius 1 is 0.875 bits per heavy atom. The van der Waals surface area contributed by atoms with E-state index in [0.717, 1.165) is 32.2 Å². The van der Waals surface area contributed by atoms with Crippen molar-refractivity contribution in [1.82, 2.24) is 24.7 Å².